The van der Waals surface area contributed by atoms with E-state index < -0.39 is 0 Å². The lowest BCUT2D eigenvalue weighted by molar-refractivity contribution is 0.314. The topological polar surface area (TPSA) is 70.6 Å². The second-order valence-corrected chi connectivity index (χ2v) is 5.58. The van der Waals surface area contributed by atoms with E-state index >= 15 is 0 Å². The standard InChI is InChI=1S/C10H21N3OS/c1-3-15-9-5-4-8(6-9)12-7(2)10(11)13-14/h7-9,12,14H,3-6H2,1-2H3,(H2,11,13). The average Bonchev–Trinajstić information content (AvgIpc) is 2.65. The molecule has 1 saturated carbocycles. The molecule has 0 spiro atoms. The minimum absolute atomic E-state index is 0.0367. The van der Waals surface area contributed by atoms with E-state index in [-0.39, 0.29) is 11.9 Å². The van der Waals surface area contributed by atoms with Crippen molar-refractivity contribution in [3.8, 4) is 0 Å². The average molecular weight is 231 g/mol. The Hall–Kier alpha value is -0.420. The number of thioether (sulfide) groups is 1. The van der Waals surface area contributed by atoms with Crippen molar-refractivity contribution in [2.75, 3.05) is 5.75 Å². The van der Waals surface area contributed by atoms with E-state index in [0.29, 0.717) is 6.04 Å². The minimum atomic E-state index is -0.0367. The molecule has 0 bridgehead atoms. The van der Waals surface area contributed by atoms with Crippen molar-refractivity contribution in [2.24, 2.45) is 10.9 Å². The van der Waals surface area contributed by atoms with Crippen LogP contribution in [0.1, 0.15) is 33.1 Å². The molecule has 1 rings (SSSR count). The Morgan fingerprint density at radius 3 is 3.00 bits per heavy atom. The van der Waals surface area contributed by atoms with Gasteiger partial charge in [0, 0.05) is 11.3 Å². The number of hydrogen-bond acceptors (Lipinski definition) is 4. The van der Waals surface area contributed by atoms with E-state index in [1.165, 1.54) is 25.0 Å². The van der Waals surface area contributed by atoms with Gasteiger partial charge in [-0.3, -0.25) is 0 Å². The number of hydrogen-bond donors (Lipinski definition) is 3. The van der Waals surface area contributed by atoms with E-state index in [1.54, 1.807) is 0 Å². The summed E-state index contributed by atoms with van der Waals surface area (Å²) in [5.41, 5.74) is 5.52. The maximum absolute atomic E-state index is 8.53. The van der Waals surface area contributed by atoms with Crippen LogP contribution < -0.4 is 11.1 Å². The summed E-state index contributed by atoms with van der Waals surface area (Å²) in [7, 11) is 0. The number of amidine groups is 1. The summed E-state index contributed by atoms with van der Waals surface area (Å²) >= 11 is 2.03. The van der Waals surface area contributed by atoms with Crippen molar-refractivity contribution in [3.05, 3.63) is 0 Å². The van der Waals surface area contributed by atoms with Gasteiger partial charge >= 0.3 is 0 Å². The molecule has 5 heteroatoms. The summed E-state index contributed by atoms with van der Waals surface area (Å²) in [6.45, 7) is 4.12. The third kappa shape index (κ3) is 3.91. The molecule has 4 nitrogen and oxygen atoms in total. The molecule has 0 radical (unpaired) electrons. The van der Waals surface area contributed by atoms with Gasteiger partial charge in [0.1, 0.15) is 0 Å². The Kier molecular flexibility index (Phi) is 5.25. The first-order chi connectivity index (χ1) is 7.17. The van der Waals surface area contributed by atoms with E-state index in [9.17, 15) is 0 Å². The molecule has 3 atom stereocenters. The molecule has 0 heterocycles. The molecule has 0 saturated heterocycles. The fourth-order valence-corrected chi connectivity index (χ4v) is 3.15. The number of nitrogens with two attached hydrogens (primary N) is 1. The van der Waals surface area contributed by atoms with E-state index in [0.717, 1.165) is 5.25 Å². The summed E-state index contributed by atoms with van der Waals surface area (Å²) < 4.78 is 0. The van der Waals surface area contributed by atoms with Crippen molar-refractivity contribution in [1.29, 1.82) is 0 Å². The Balaban J connectivity index is 2.29. The first-order valence-electron chi connectivity index (χ1n) is 5.52. The van der Waals surface area contributed by atoms with Gasteiger partial charge < -0.3 is 16.3 Å². The predicted molar refractivity (Wildman–Crippen MR) is 65.6 cm³/mol. The normalized spacial score (nSPS) is 29.3. The van der Waals surface area contributed by atoms with Crippen molar-refractivity contribution >= 4 is 17.6 Å². The van der Waals surface area contributed by atoms with Crippen LogP contribution in [0.3, 0.4) is 0 Å². The Labute approximate surface area is 95.7 Å². The zero-order valence-electron chi connectivity index (χ0n) is 9.44. The molecule has 88 valence electrons. The van der Waals surface area contributed by atoms with Crippen LogP contribution in [0.15, 0.2) is 5.16 Å². The van der Waals surface area contributed by atoms with E-state index in [2.05, 4.69) is 17.4 Å². The largest absolute Gasteiger partial charge is 0.409 e. The lowest BCUT2D eigenvalue weighted by atomic mass is 10.2. The van der Waals surface area contributed by atoms with Gasteiger partial charge in [-0.2, -0.15) is 11.8 Å². The highest BCUT2D eigenvalue weighted by Crippen LogP contribution is 2.29. The van der Waals surface area contributed by atoms with Crippen molar-refractivity contribution in [3.63, 3.8) is 0 Å². The fourth-order valence-electron chi connectivity index (χ4n) is 2.00. The van der Waals surface area contributed by atoms with Crippen LogP contribution in [0, 0.1) is 0 Å². The van der Waals surface area contributed by atoms with Gasteiger partial charge in [-0.05, 0) is 31.9 Å². The molecule has 0 aromatic carbocycles. The van der Waals surface area contributed by atoms with Gasteiger partial charge in [-0.1, -0.05) is 12.1 Å². The zero-order valence-corrected chi connectivity index (χ0v) is 10.3. The third-order valence-corrected chi connectivity index (χ3v) is 4.06. The molecule has 15 heavy (non-hydrogen) atoms. The lowest BCUT2D eigenvalue weighted by Crippen LogP contribution is -2.43. The van der Waals surface area contributed by atoms with Crippen LogP contribution in [0.25, 0.3) is 0 Å². The van der Waals surface area contributed by atoms with Crippen LogP contribution >= 0.6 is 11.8 Å². The number of nitrogens with zero attached hydrogens (tertiary/aromatic N) is 1. The van der Waals surface area contributed by atoms with Gasteiger partial charge in [0.25, 0.3) is 0 Å². The summed E-state index contributed by atoms with van der Waals surface area (Å²) in [5.74, 6) is 1.45. The quantitative estimate of drug-likeness (QED) is 0.289. The Morgan fingerprint density at radius 2 is 2.40 bits per heavy atom. The van der Waals surface area contributed by atoms with Crippen LogP contribution in [-0.4, -0.2) is 34.1 Å². The molecular formula is C10H21N3OS. The highest BCUT2D eigenvalue weighted by Gasteiger charge is 2.25. The number of oxime groups is 1. The predicted octanol–water partition coefficient (Wildman–Crippen LogP) is 1.39. The van der Waals surface area contributed by atoms with Crippen molar-refractivity contribution in [1.82, 2.24) is 5.32 Å². The molecule has 4 N–H and O–H groups in total. The van der Waals surface area contributed by atoms with Crippen molar-refractivity contribution < 1.29 is 5.21 Å². The van der Waals surface area contributed by atoms with Gasteiger partial charge in [-0.15, -0.1) is 0 Å². The SMILES string of the molecule is CCSC1CCC(NC(C)C(N)=NO)C1. The molecule has 0 aromatic heterocycles. The summed E-state index contributed by atoms with van der Waals surface area (Å²) in [6, 6.07) is 0.481. The zero-order chi connectivity index (χ0) is 11.3. The minimum Gasteiger partial charge on any atom is -0.409 e. The molecule has 0 amide bonds. The summed E-state index contributed by atoms with van der Waals surface area (Å²) in [5, 5.41) is 15.7. The van der Waals surface area contributed by atoms with Crippen LogP contribution in [-0.2, 0) is 0 Å². The first-order valence-corrected chi connectivity index (χ1v) is 6.57. The summed E-state index contributed by atoms with van der Waals surface area (Å²) in [4.78, 5) is 0. The molecule has 0 aliphatic heterocycles. The van der Waals surface area contributed by atoms with Crippen LogP contribution in [0.5, 0.6) is 0 Å². The van der Waals surface area contributed by atoms with Crippen LogP contribution in [0.2, 0.25) is 0 Å². The maximum atomic E-state index is 8.53. The van der Waals surface area contributed by atoms with Gasteiger partial charge in [0.2, 0.25) is 0 Å². The van der Waals surface area contributed by atoms with Crippen LogP contribution in [0.4, 0.5) is 0 Å². The fraction of sp³-hybridized carbons (Fsp3) is 0.900. The molecular weight excluding hydrogens is 210 g/mol. The second-order valence-electron chi connectivity index (χ2n) is 4.00. The number of nitrogens with one attached hydrogen (secondary N) is 1. The van der Waals surface area contributed by atoms with E-state index in [4.69, 9.17) is 10.9 Å². The highest BCUT2D eigenvalue weighted by molar-refractivity contribution is 7.99. The first kappa shape index (κ1) is 12.6. The van der Waals surface area contributed by atoms with Crippen molar-refractivity contribution in [2.45, 2.75) is 50.4 Å². The highest BCUT2D eigenvalue weighted by atomic mass is 32.2. The van der Waals surface area contributed by atoms with Gasteiger partial charge in [-0.25, -0.2) is 0 Å². The molecule has 1 fully saturated rings. The monoisotopic (exact) mass is 231 g/mol. The third-order valence-electron chi connectivity index (χ3n) is 2.83. The molecule has 3 unspecified atom stereocenters. The van der Waals surface area contributed by atoms with Gasteiger partial charge in [0.15, 0.2) is 5.84 Å². The van der Waals surface area contributed by atoms with E-state index in [1.807, 2.05) is 18.7 Å². The lowest BCUT2D eigenvalue weighted by Gasteiger charge is -2.18. The molecule has 0 aromatic rings. The Bertz CT molecular complexity index is 223. The number of rotatable bonds is 5. The Morgan fingerprint density at radius 1 is 1.67 bits per heavy atom. The molecule has 1 aliphatic rings. The smallest absolute Gasteiger partial charge is 0.156 e. The summed E-state index contributed by atoms with van der Waals surface area (Å²) in [6.07, 6.45) is 3.67. The molecule has 1 aliphatic carbocycles. The van der Waals surface area contributed by atoms with Gasteiger partial charge in [0.05, 0.1) is 6.04 Å². The second kappa shape index (κ2) is 6.23. The maximum Gasteiger partial charge on any atom is 0.156 e.